The van der Waals surface area contributed by atoms with Crippen molar-refractivity contribution in [2.24, 2.45) is 0 Å². The van der Waals surface area contributed by atoms with E-state index in [2.05, 4.69) is 16.1 Å². The van der Waals surface area contributed by atoms with Crippen LogP contribution in [0.2, 0.25) is 0 Å². The van der Waals surface area contributed by atoms with Gasteiger partial charge in [-0.2, -0.15) is 0 Å². The standard InChI is InChI=1S/C23H27N3O4/c1-3-4-22(27)24-12-11-18-15-26(21-10-9-19(30-2)13-20(18)21)14-16-5-7-17(8-6-16)23(28)25-29/h5-10,13,15,29H,3-4,11-12,14H2,1-2H3,(H,24,27)(H,25,28). The van der Waals surface area contributed by atoms with Gasteiger partial charge < -0.3 is 14.6 Å². The van der Waals surface area contributed by atoms with E-state index in [1.807, 2.05) is 37.3 Å². The molecule has 1 aromatic heterocycles. The van der Waals surface area contributed by atoms with E-state index >= 15 is 0 Å². The van der Waals surface area contributed by atoms with E-state index in [1.54, 1.807) is 24.7 Å². The summed E-state index contributed by atoms with van der Waals surface area (Å²) in [5.74, 6) is 0.328. The minimum Gasteiger partial charge on any atom is -0.497 e. The molecule has 7 nitrogen and oxygen atoms in total. The number of rotatable bonds is 9. The fourth-order valence-corrected chi connectivity index (χ4v) is 3.48. The molecule has 0 unspecified atom stereocenters. The van der Waals surface area contributed by atoms with E-state index in [9.17, 15) is 9.59 Å². The highest BCUT2D eigenvalue weighted by molar-refractivity contribution is 5.93. The molecule has 1 heterocycles. The number of fused-ring (bicyclic) bond motifs is 1. The van der Waals surface area contributed by atoms with Gasteiger partial charge in [0.25, 0.3) is 5.91 Å². The zero-order valence-corrected chi connectivity index (χ0v) is 17.3. The summed E-state index contributed by atoms with van der Waals surface area (Å²) in [6.07, 6.45) is 4.20. The largest absolute Gasteiger partial charge is 0.497 e. The first-order valence-corrected chi connectivity index (χ1v) is 10.0. The van der Waals surface area contributed by atoms with E-state index in [4.69, 9.17) is 9.94 Å². The lowest BCUT2D eigenvalue weighted by Crippen LogP contribution is -2.25. The maximum Gasteiger partial charge on any atom is 0.274 e. The lowest BCUT2D eigenvalue weighted by molar-refractivity contribution is -0.121. The van der Waals surface area contributed by atoms with Crippen molar-refractivity contribution < 1.29 is 19.5 Å². The van der Waals surface area contributed by atoms with Crippen LogP contribution in [0.3, 0.4) is 0 Å². The van der Waals surface area contributed by atoms with E-state index in [-0.39, 0.29) is 5.91 Å². The van der Waals surface area contributed by atoms with Crippen molar-refractivity contribution in [3.63, 3.8) is 0 Å². The number of carbonyl (C=O) groups is 2. The normalized spacial score (nSPS) is 10.8. The Kier molecular flexibility index (Phi) is 7.08. The van der Waals surface area contributed by atoms with Gasteiger partial charge in [-0.15, -0.1) is 0 Å². The van der Waals surface area contributed by atoms with Gasteiger partial charge in [-0.05, 0) is 54.3 Å². The number of hydrogen-bond donors (Lipinski definition) is 3. The third kappa shape index (κ3) is 4.99. The molecule has 158 valence electrons. The molecule has 0 bridgehead atoms. The second kappa shape index (κ2) is 9.93. The maximum absolute atomic E-state index is 11.8. The van der Waals surface area contributed by atoms with Gasteiger partial charge in [0, 0.05) is 42.2 Å². The number of carbonyl (C=O) groups excluding carboxylic acids is 2. The first-order chi connectivity index (χ1) is 14.5. The number of methoxy groups -OCH3 is 1. The Morgan fingerprint density at radius 3 is 2.57 bits per heavy atom. The van der Waals surface area contributed by atoms with Crippen molar-refractivity contribution in [2.45, 2.75) is 32.7 Å². The zero-order chi connectivity index (χ0) is 21.5. The molecule has 0 radical (unpaired) electrons. The van der Waals surface area contributed by atoms with Crippen molar-refractivity contribution in [3.8, 4) is 5.75 Å². The Hall–Kier alpha value is -3.32. The molecule has 0 saturated carbocycles. The van der Waals surface area contributed by atoms with Crippen LogP contribution in [-0.4, -0.2) is 35.2 Å². The summed E-state index contributed by atoms with van der Waals surface area (Å²) in [4.78, 5) is 23.3. The smallest absolute Gasteiger partial charge is 0.274 e. The molecule has 3 N–H and O–H groups in total. The van der Waals surface area contributed by atoms with Crippen LogP contribution in [0, 0.1) is 0 Å². The lowest BCUT2D eigenvalue weighted by atomic mass is 10.1. The Morgan fingerprint density at radius 1 is 1.13 bits per heavy atom. The van der Waals surface area contributed by atoms with Crippen molar-refractivity contribution >= 4 is 22.7 Å². The Labute approximate surface area is 175 Å². The van der Waals surface area contributed by atoms with Gasteiger partial charge in [0.15, 0.2) is 0 Å². The SMILES string of the molecule is CCCC(=O)NCCc1cn(Cc2ccc(C(=O)NO)cc2)c2ccc(OC)cc12. The minimum atomic E-state index is -0.535. The summed E-state index contributed by atoms with van der Waals surface area (Å²) in [6, 6.07) is 13.1. The predicted octanol–water partition coefficient (Wildman–Crippen LogP) is 3.28. The molecule has 0 spiro atoms. The molecule has 3 rings (SSSR count). The highest BCUT2D eigenvalue weighted by Crippen LogP contribution is 2.27. The molecule has 3 aromatic rings. The number of nitrogens with one attached hydrogen (secondary N) is 2. The van der Waals surface area contributed by atoms with E-state index < -0.39 is 5.91 Å². The number of aromatic nitrogens is 1. The van der Waals surface area contributed by atoms with Gasteiger partial charge in [0.1, 0.15) is 5.75 Å². The first-order valence-electron chi connectivity index (χ1n) is 10.0. The second-order valence-electron chi connectivity index (χ2n) is 7.15. The van der Waals surface area contributed by atoms with Gasteiger partial charge in [0.05, 0.1) is 7.11 Å². The zero-order valence-electron chi connectivity index (χ0n) is 17.3. The average Bonchev–Trinajstić information content (AvgIpc) is 3.10. The van der Waals surface area contributed by atoms with Crippen LogP contribution < -0.4 is 15.5 Å². The van der Waals surface area contributed by atoms with E-state index in [0.29, 0.717) is 25.1 Å². The fraction of sp³-hybridized carbons (Fsp3) is 0.304. The van der Waals surface area contributed by atoms with Crippen LogP contribution >= 0.6 is 0 Å². The van der Waals surface area contributed by atoms with Crippen LogP contribution in [0.1, 0.15) is 41.3 Å². The van der Waals surface area contributed by atoms with Crippen molar-refractivity contribution in [1.29, 1.82) is 0 Å². The van der Waals surface area contributed by atoms with Crippen LogP contribution in [0.25, 0.3) is 10.9 Å². The van der Waals surface area contributed by atoms with Crippen LogP contribution in [0.5, 0.6) is 5.75 Å². The number of nitrogens with zero attached hydrogens (tertiary/aromatic N) is 1. The number of hydrogen-bond acceptors (Lipinski definition) is 4. The van der Waals surface area contributed by atoms with Gasteiger partial charge in [-0.25, -0.2) is 5.48 Å². The minimum absolute atomic E-state index is 0.0748. The predicted molar refractivity (Wildman–Crippen MR) is 115 cm³/mol. The maximum atomic E-state index is 11.8. The fourth-order valence-electron chi connectivity index (χ4n) is 3.48. The summed E-state index contributed by atoms with van der Waals surface area (Å²) >= 11 is 0. The Balaban J connectivity index is 1.83. The second-order valence-corrected chi connectivity index (χ2v) is 7.15. The molecule has 30 heavy (non-hydrogen) atoms. The van der Waals surface area contributed by atoms with Crippen molar-refractivity contribution in [1.82, 2.24) is 15.4 Å². The lowest BCUT2D eigenvalue weighted by Gasteiger charge is -2.07. The van der Waals surface area contributed by atoms with Gasteiger partial charge in [0.2, 0.25) is 5.91 Å². The molecule has 7 heteroatoms. The molecular formula is C23H27N3O4. The number of hydroxylamine groups is 1. The van der Waals surface area contributed by atoms with Gasteiger partial charge in [-0.1, -0.05) is 19.1 Å². The molecule has 0 aliphatic carbocycles. The molecular weight excluding hydrogens is 382 g/mol. The van der Waals surface area contributed by atoms with E-state index in [1.165, 1.54) is 0 Å². The van der Waals surface area contributed by atoms with Crippen LogP contribution in [0.15, 0.2) is 48.7 Å². The van der Waals surface area contributed by atoms with E-state index in [0.717, 1.165) is 40.6 Å². The van der Waals surface area contributed by atoms with Crippen LogP contribution in [0.4, 0.5) is 0 Å². The highest BCUT2D eigenvalue weighted by Gasteiger charge is 2.11. The molecule has 0 atom stereocenters. The Bertz CT molecular complexity index is 1020. The van der Waals surface area contributed by atoms with Crippen molar-refractivity contribution in [3.05, 3.63) is 65.4 Å². The summed E-state index contributed by atoms with van der Waals surface area (Å²) in [5.41, 5.74) is 5.27. The summed E-state index contributed by atoms with van der Waals surface area (Å²) in [6.45, 7) is 3.20. The third-order valence-electron chi connectivity index (χ3n) is 5.03. The summed E-state index contributed by atoms with van der Waals surface area (Å²) in [5, 5.41) is 12.8. The topological polar surface area (TPSA) is 92.6 Å². The van der Waals surface area contributed by atoms with Crippen LogP contribution in [-0.2, 0) is 17.8 Å². The van der Waals surface area contributed by atoms with Crippen molar-refractivity contribution in [2.75, 3.05) is 13.7 Å². The quantitative estimate of drug-likeness (QED) is 0.374. The molecule has 2 amide bonds. The number of ether oxygens (including phenoxy) is 1. The average molecular weight is 409 g/mol. The molecule has 0 saturated heterocycles. The molecule has 0 aliphatic heterocycles. The van der Waals surface area contributed by atoms with Gasteiger partial charge >= 0.3 is 0 Å². The first kappa shape index (κ1) is 21.4. The molecule has 0 fully saturated rings. The van der Waals surface area contributed by atoms with Gasteiger partial charge in [-0.3, -0.25) is 14.8 Å². The molecule has 0 aliphatic rings. The summed E-state index contributed by atoms with van der Waals surface area (Å²) < 4.78 is 7.54. The number of benzene rings is 2. The highest BCUT2D eigenvalue weighted by atomic mass is 16.5. The Morgan fingerprint density at radius 2 is 1.90 bits per heavy atom. The molecule has 2 aromatic carbocycles. The third-order valence-corrected chi connectivity index (χ3v) is 5.03. The summed E-state index contributed by atoms with van der Waals surface area (Å²) in [7, 11) is 1.65. The monoisotopic (exact) mass is 409 g/mol. The number of amides is 2.